The Hall–Kier alpha value is -0.850. The van der Waals surface area contributed by atoms with Gasteiger partial charge in [-0.2, -0.15) is 0 Å². The van der Waals surface area contributed by atoms with Gasteiger partial charge in [0.2, 0.25) is 5.91 Å². The molecule has 10 N–H and O–H groups in total. The topological polar surface area (TPSA) is 205 Å². The summed E-state index contributed by atoms with van der Waals surface area (Å²) in [6.07, 6.45) is 0. The normalized spacial score (nSPS) is 7.95. The van der Waals surface area contributed by atoms with E-state index in [-0.39, 0.29) is 64.7 Å². The molecule has 0 aliphatic rings. The van der Waals surface area contributed by atoms with E-state index in [2.05, 4.69) is 0 Å². The summed E-state index contributed by atoms with van der Waals surface area (Å²) >= 11 is 0. The standard InChI is InChI=1S/C4H9NO.4C2H6O2/c1-3(2)4(5)6;4*3-1-2-4/h3H,1-2H3,(H2,5,6);4*3-4H,1-2H2. The second-order valence-corrected chi connectivity index (χ2v) is 3.35. The number of carbonyl (C=O) groups excluding carboxylic acids is 1. The lowest BCUT2D eigenvalue weighted by molar-refractivity contribution is -0.120. The maximum atomic E-state index is 9.92. The molecule has 22 heavy (non-hydrogen) atoms. The van der Waals surface area contributed by atoms with Crippen LogP contribution in [0.5, 0.6) is 0 Å². The number of carbonyl (C=O) groups is 1. The Labute approximate surface area is 131 Å². The van der Waals surface area contributed by atoms with Gasteiger partial charge in [0.05, 0.1) is 52.9 Å². The van der Waals surface area contributed by atoms with Gasteiger partial charge in [0.1, 0.15) is 0 Å². The van der Waals surface area contributed by atoms with Crippen LogP contribution < -0.4 is 5.73 Å². The van der Waals surface area contributed by atoms with Crippen LogP contribution >= 0.6 is 0 Å². The predicted octanol–water partition coefficient (Wildman–Crippen LogP) is -3.99. The molecule has 10 heteroatoms. The Morgan fingerprint density at radius 3 is 0.727 bits per heavy atom. The average Bonchev–Trinajstić information content (AvgIpc) is 2.55. The number of hydrogen-bond acceptors (Lipinski definition) is 9. The summed E-state index contributed by atoms with van der Waals surface area (Å²) in [7, 11) is 0. The van der Waals surface area contributed by atoms with Crippen LogP contribution in [0, 0.1) is 5.92 Å². The molecular weight excluding hydrogens is 302 g/mol. The maximum absolute atomic E-state index is 9.92. The number of nitrogens with two attached hydrogens (primary N) is 1. The number of primary amides is 1. The van der Waals surface area contributed by atoms with Gasteiger partial charge in [-0.05, 0) is 0 Å². The first-order chi connectivity index (χ1) is 10.3. The van der Waals surface area contributed by atoms with Gasteiger partial charge < -0.3 is 46.6 Å². The van der Waals surface area contributed by atoms with Crippen molar-refractivity contribution >= 4 is 5.91 Å². The van der Waals surface area contributed by atoms with Gasteiger partial charge in [0.15, 0.2) is 0 Å². The van der Waals surface area contributed by atoms with Crippen LogP contribution in [-0.4, -0.2) is 99.6 Å². The molecule has 0 rings (SSSR count). The number of aliphatic hydroxyl groups excluding tert-OH is 8. The SMILES string of the molecule is CC(C)C(N)=O.OCCO.OCCO.OCCO.OCCO. The molecule has 0 unspecified atom stereocenters. The third-order valence-electron chi connectivity index (χ3n) is 0.969. The first-order valence-corrected chi connectivity index (χ1v) is 6.47. The van der Waals surface area contributed by atoms with Crippen molar-refractivity contribution in [3.05, 3.63) is 0 Å². The molecule has 0 aromatic carbocycles. The lowest BCUT2D eigenvalue weighted by Crippen LogP contribution is -2.17. The third kappa shape index (κ3) is 123. The fraction of sp³-hybridized carbons (Fsp3) is 0.917. The molecule has 0 radical (unpaired) electrons. The minimum Gasteiger partial charge on any atom is -0.394 e. The smallest absolute Gasteiger partial charge is 0.219 e. The van der Waals surface area contributed by atoms with Crippen LogP contribution in [0.15, 0.2) is 0 Å². The zero-order chi connectivity index (χ0) is 18.8. The Kier molecular flexibility index (Phi) is 64.0. The van der Waals surface area contributed by atoms with Gasteiger partial charge in [-0.15, -0.1) is 0 Å². The Bertz CT molecular complexity index is 136. The van der Waals surface area contributed by atoms with Crippen molar-refractivity contribution in [2.45, 2.75) is 13.8 Å². The second-order valence-electron chi connectivity index (χ2n) is 3.35. The Morgan fingerprint density at radius 1 is 0.636 bits per heavy atom. The van der Waals surface area contributed by atoms with E-state index in [1.165, 1.54) is 0 Å². The lowest BCUT2D eigenvalue weighted by Gasteiger charge is -1.90. The van der Waals surface area contributed by atoms with Crippen molar-refractivity contribution < 1.29 is 45.6 Å². The summed E-state index contributed by atoms with van der Waals surface area (Å²) in [5.41, 5.74) is 4.80. The molecule has 0 aromatic heterocycles. The van der Waals surface area contributed by atoms with Crippen LogP contribution in [0.25, 0.3) is 0 Å². The van der Waals surface area contributed by atoms with Gasteiger partial charge in [0.25, 0.3) is 0 Å². The van der Waals surface area contributed by atoms with Crippen molar-refractivity contribution in [3.8, 4) is 0 Å². The molecule has 0 aliphatic heterocycles. The second kappa shape index (κ2) is 42.7. The molecular formula is C12H33NO9. The van der Waals surface area contributed by atoms with E-state index in [9.17, 15) is 4.79 Å². The molecule has 0 atom stereocenters. The summed E-state index contributed by atoms with van der Waals surface area (Å²) in [6.45, 7) is 2.53. The summed E-state index contributed by atoms with van der Waals surface area (Å²) in [5.74, 6) is -0.250. The minimum absolute atomic E-state index is 0.00926. The van der Waals surface area contributed by atoms with Crippen molar-refractivity contribution in [3.63, 3.8) is 0 Å². The molecule has 0 bridgehead atoms. The van der Waals surface area contributed by atoms with E-state index < -0.39 is 0 Å². The molecule has 0 heterocycles. The van der Waals surface area contributed by atoms with Crippen molar-refractivity contribution in [1.82, 2.24) is 0 Å². The number of rotatable bonds is 5. The van der Waals surface area contributed by atoms with Crippen LogP contribution in [0.4, 0.5) is 0 Å². The molecule has 0 saturated heterocycles. The fourth-order valence-corrected chi connectivity index (χ4v) is 0. The molecule has 10 nitrogen and oxygen atoms in total. The summed E-state index contributed by atoms with van der Waals surface area (Å²) in [6, 6.07) is 0. The van der Waals surface area contributed by atoms with Gasteiger partial charge in [-0.25, -0.2) is 0 Å². The van der Waals surface area contributed by atoms with E-state index >= 15 is 0 Å². The predicted molar refractivity (Wildman–Crippen MR) is 80.7 cm³/mol. The quantitative estimate of drug-likeness (QED) is 0.240. The van der Waals surface area contributed by atoms with E-state index in [1.54, 1.807) is 13.8 Å². The van der Waals surface area contributed by atoms with Gasteiger partial charge in [-0.3, -0.25) is 4.79 Å². The van der Waals surface area contributed by atoms with Crippen molar-refractivity contribution in [2.75, 3.05) is 52.9 Å². The first-order valence-electron chi connectivity index (χ1n) is 6.47. The fourth-order valence-electron chi connectivity index (χ4n) is 0. The zero-order valence-electron chi connectivity index (χ0n) is 13.3. The minimum atomic E-state index is -0.241. The first kappa shape index (κ1) is 32.9. The van der Waals surface area contributed by atoms with Crippen molar-refractivity contribution in [2.24, 2.45) is 11.7 Å². The highest BCUT2D eigenvalue weighted by atomic mass is 16.3. The van der Waals surface area contributed by atoms with Crippen LogP contribution in [-0.2, 0) is 4.79 Å². The van der Waals surface area contributed by atoms with Crippen LogP contribution in [0.1, 0.15) is 13.8 Å². The third-order valence-corrected chi connectivity index (χ3v) is 0.969. The number of aliphatic hydroxyl groups is 8. The highest BCUT2D eigenvalue weighted by Crippen LogP contribution is 1.84. The van der Waals surface area contributed by atoms with Crippen LogP contribution in [0.2, 0.25) is 0 Å². The lowest BCUT2D eigenvalue weighted by atomic mass is 10.2. The molecule has 0 fully saturated rings. The van der Waals surface area contributed by atoms with Crippen molar-refractivity contribution in [1.29, 1.82) is 0 Å². The summed E-state index contributed by atoms with van der Waals surface area (Å²) < 4.78 is 0. The number of amides is 1. The summed E-state index contributed by atoms with van der Waals surface area (Å²) in [4.78, 5) is 9.92. The number of hydrogen-bond donors (Lipinski definition) is 9. The molecule has 0 aliphatic carbocycles. The molecule has 0 aromatic rings. The summed E-state index contributed by atoms with van der Waals surface area (Å²) in [5, 5.41) is 61.0. The van der Waals surface area contributed by atoms with E-state index in [4.69, 9.17) is 46.6 Å². The van der Waals surface area contributed by atoms with E-state index in [0.29, 0.717) is 0 Å². The molecule has 1 amide bonds. The van der Waals surface area contributed by atoms with Crippen LogP contribution in [0.3, 0.4) is 0 Å². The molecule has 0 spiro atoms. The van der Waals surface area contributed by atoms with Gasteiger partial charge in [-0.1, -0.05) is 13.8 Å². The highest BCUT2D eigenvalue weighted by molar-refractivity contribution is 5.75. The Balaban J connectivity index is -0.0000000555. The van der Waals surface area contributed by atoms with Gasteiger partial charge >= 0.3 is 0 Å². The molecule has 140 valence electrons. The monoisotopic (exact) mass is 335 g/mol. The average molecular weight is 335 g/mol. The largest absolute Gasteiger partial charge is 0.394 e. The maximum Gasteiger partial charge on any atom is 0.219 e. The van der Waals surface area contributed by atoms with E-state index in [0.717, 1.165) is 0 Å². The zero-order valence-corrected chi connectivity index (χ0v) is 13.3. The Morgan fingerprint density at radius 2 is 0.727 bits per heavy atom. The highest BCUT2D eigenvalue weighted by Gasteiger charge is 1.96. The molecule has 0 saturated carbocycles. The van der Waals surface area contributed by atoms with E-state index in [1.807, 2.05) is 0 Å². The van der Waals surface area contributed by atoms with Gasteiger partial charge in [0, 0.05) is 5.92 Å².